The number of aliphatic carboxylic acids is 1. The minimum Gasteiger partial charge on any atom is -0.479 e. The molecule has 138 valence electrons. The Bertz CT molecular complexity index is 784. The van der Waals surface area contributed by atoms with Gasteiger partial charge in [-0.2, -0.15) is 0 Å². The Kier molecular flexibility index (Phi) is 5.73. The number of carbonyl (C=O) groups excluding carboxylic acids is 1. The quantitative estimate of drug-likeness (QED) is 0.794. The van der Waals surface area contributed by atoms with Crippen molar-refractivity contribution < 1.29 is 31.9 Å². The molecule has 0 aliphatic carbocycles. The average molecular weight is 376 g/mol. The molecule has 1 aromatic carbocycles. The van der Waals surface area contributed by atoms with Crippen LogP contribution in [0.25, 0.3) is 0 Å². The zero-order valence-electron chi connectivity index (χ0n) is 13.4. The summed E-state index contributed by atoms with van der Waals surface area (Å²) >= 11 is 0. The fourth-order valence-electron chi connectivity index (χ4n) is 2.70. The number of piperidine rings is 1. The van der Waals surface area contributed by atoms with E-state index in [4.69, 9.17) is 0 Å². The largest absolute Gasteiger partial charge is 0.479 e. The van der Waals surface area contributed by atoms with Gasteiger partial charge in [0.15, 0.2) is 17.7 Å². The molecular weight excluding hydrogens is 358 g/mol. The molecule has 0 unspecified atom stereocenters. The first-order valence-corrected chi connectivity index (χ1v) is 9.37. The van der Waals surface area contributed by atoms with E-state index in [0.29, 0.717) is 25.5 Å². The number of carboxylic acids is 1. The molecule has 7 nitrogen and oxygen atoms in total. The summed E-state index contributed by atoms with van der Waals surface area (Å²) in [6.07, 6.45) is 1.91. The topological polar surface area (TPSA) is 104 Å². The second-order valence-electron chi connectivity index (χ2n) is 5.91. The molecule has 0 bridgehead atoms. The Labute approximate surface area is 143 Å². The van der Waals surface area contributed by atoms with Gasteiger partial charge in [0.25, 0.3) is 0 Å². The predicted molar refractivity (Wildman–Crippen MR) is 84.0 cm³/mol. The number of nitrogens with zero attached hydrogens (tertiary/aromatic N) is 1. The second-order valence-corrected chi connectivity index (χ2v) is 7.90. The van der Waals surface area contributed by atoms with E-state index < -0.39 is 45.5 Å². The molecule has 2 N–H and O–H groups in total. The van der Waals surface area contributed by atoms with Gasteiger partial charge in [-0.15, -0.1) is 0 Å². The number of sulfonamides is 1. The maximum absolute atomic E-state index is 13.3. The standard InChI is InChI=1S/C15H18F2N2O5S/c1-25(23,24)19-6-2-3-10(8-19)14(20)18-13(15(21)22)9-4-5-11(16)12(17)7-9/h4-5,7,10,13H,2-3,6,8H2,1H3,(H,18,20)(H,21,22)/t10-,13-/m1/s1. The average Bonchev–Trinajstić information content (AvgIpc) is 2.54. The molecule has 0 radical (unpaired) electrons. The van der Waals surface area contributed by atoms with E-state index >= 15 is 0 Å². The highest BCUT2D eigenvalue weighted by molar-refractivity contribution is 7.88. The van der Waals surface area contributed by atoms with Crippen molar-refractivity contribution in [3.63, 3.8) is 0 Å². The van der Waals surface area contributed by atoms with Gasteiger partial charge < -0.3 is 10.4 Å². The van der Waals surface area contributed by atoms with Gasteiger partial charge in [-0.25, -0.2) is 26.3 Å². The first kappa shape index (κ1) is 19.3. The number of carbonyl (C=O) groups is 2. The van der Waals surface area contributed by atoms with Crippen LogP contribution >= 0.6 is 0 Å². The van der Waals surface area contributed by atoms with Crippen LogP contribution in [-0.2, 0) is 19.6 Å². The van der Waals surface area contributed by atoms with Gasteiger partial charge in [0, 0.05) is 13.1 Å². The zero-order chi connectivity index (χ0) is 18.8. The van der Waals surface area contributed by atoms with Gasteiger partial charge in [-0.3, -0.25) is 4.79 Å². The lowest BCUT2D eigenvalue weighted by Gasteiger charge is -2.30. The molecule has 0 saturated carbocycles. The summed E-state index contributed by atoms with van der Waals surface area (Å²) in [5, 5.41) is 11.6. The van der Waals surface area contributed by atoms with Crippen molar-refractivity contribution in [1.29, 1.82) is 0 Å². The van der Waals surface area contributed by atoms with Crippen LogP contribution in [0.5, 0.6) is 0 Å². The molecule has 25 heavy (non-hydrogen) atoms. The Balaban J connectivity index is 2.15. The molecule has 1 saturated heterocycles. The fraction of sp³-hybridized carbons (Fsp3) is 0.467. The SMILES string of the molecule is CS(=O)(=O)N1CCC[C@@H](C(=O)N[C@@H](C(=O)O)c2ccc(F)c(F)c2)C1. The van der Waals surface area contributed by atoms with Crippen molar-refractivity contribution in [2.45, 2.75) is 18.9 Å². The lowest BCUT2D eigenvalue weighted by molar-refractivity contribution is -0.143. The number of benzene rings is 1. The van der Waals surface area contributed by atoms with Crippen LogP contribution in [0.15, 0.2) is 18.2 Å². The molecule has 1 amide bonds. The summed E-state index contributed by atoms with van der Waals surface area (Å²) in [6.45, 7) is 0.253. The number of hydrogen-bond donors (Lipinski definition) is 2. The Hall–Kier alpha value is -2.07. The van der Waals surface area contributed by atoms with Crippen LogP contribution < -0.4 is 5.32 Å². The summed E-state index contributed by atoms with van der Waals surface area (Å²) in [7, 11) is -3.45. The molecule has 2 atom stereocenters. The van der Waals surface area contributed by atoms with Crippen LogP contribution in [0.4, 0.5) is 8.78 Å². The number of carboxylic acid groups (broad SMARTS) is 1. The third kappa shape index (κ3) is 4.73. The van der Waals surface area contributed by atoms with Crippen molar-refractivity contribution in [2.24, 2.45) is 5.92 Å². The van der Waals surface area contributed by atoms with Gasteiger partial charge in [-0.1, -0.05) is 6.07 Å². The summed E-state index contributed by atoms with van der Waals surface area (Å²) in [5.41, 5.74) is -0.115. The second kappa shape index (κ2) is 7.44. The number of rotatable bonds is 5. The third-order valence-electron chi connectivity index (χ3n) is 4.03. The predicted octanol–water partition coefficient (Wildman–Crippen LogP) is 0.878. The summed E-state index contributed by atoms with van der Waals surface area (Å²) in [6, 6.07) is 0.995. The molecule has 0 spiro atoms. The monoisotopic (exact) mass is 376 g/mol. The van der Waals surface area contributed by atoms with E-state index in [2.05, 4.69) is 5.32 Å². The lowest BCUT2D eigenvalue weighted by atomic mass is 9.97. The van der Waals surface area contributed by atoms with Crippen LogP contribution in [-0.4, -0.2) is 49.1 Å². The Morgan fingerprint density at radius 3 is 2.56 bits per heavy atom. The van der Waals surface area contributed by atoms with E-state index in [1.807, 2.05) is 0 Å². The highest BCUT2D eigenvalue weighted by atomic mass is 32.2. The van der Waals surface area contributed by atoms with Gasteiger partial charge in [-0.05, 0) is 30.5 Å². The highest BCUT2D eigenvalue weighted by Gasteiger charge is 2.32. The van der Waals surface area contributed by atoms with Crippen LogP contribution in [0, 0.1) is 17.6 Å². The lowest BCUT2D eigenvalue weighted by Crippen LogP contribution is -2.46. The van der Waals surface area contributed by atoms with Crippen LogP contribution in [0.1, 0.15) is 24.4 Å². The smallest absolute Gasteiger partial charge is 0.330 e. The normalized spacial score (nSPS) is 20.0. The first-order valence-electron chi connectivity index (χ1n) is 7.53. The van der Waals surface area contributed by atoms with Crippen molar-refractivity contribution in [3.8, 4) is 0 Å². The highest BCUT2D eigenvalue weighted by Crippen LogP contribution is 2.22. The van der Waals surface area contributed by atoms with Crippen molar-refractivity contribution in [3.05, 3.63) is 35.4 Å². The van der Waals surface area contributed by atoms with Crippen LogP contribution in [0.3, 0.4) is 0 Å². The van der Waals surface area contributed by atoms with E-state index in [0.717, 1.165) is 22.7 Å². The minimum absolute atomic E-state index is 0.0468. The molecule has 1 aliphatic heterocycles. The first-order chi connectivity index (χ1) is 11.6. The maximum Gasteiger partial charge on any atom is 0.330 e. The van der Waals surface area contributed by atoms with Gasteiger partial charge in [0.1, 0.15) is 0 Å². The molecular formula is C15H18F2N2O5S. The zero-order valence-corrected chi connectivity index (χ0v) is 14.2. The summed E-state index contributed by atoms with van der Waals surface area (Å²) in [4.78, 5) is 23.7. The number of amides is 1. The van der Waals surface area contributed by atoms with E-state index in [-0.39, 0.29) is 12.1 Å². The molecule has 1 aromatic rings. The maximum atomic E-state index is 13.3. The molecule has 2 rings (SSSR count). The summed E-state index contributed by atoms with van der Waals surface area (Å²) < 4.78 is 50.7. The fourth-order valence-corrected chi connectivity index (χ4v) is 3.61. The van der Waals surface area contributed by atoms with Gasteiger partial charge in [0.2, 0.25) is 15.9 Å². The van der Waals surface area contributed by atoms with Crippen molar-refractivity contribution >= 4 is 21.9 Å². The Morgan fingerprint density at radius 2 is 2.00 bits per heavy atom. The Morgan fingerprint density at radius 1 is 1.32 bits per heavy atom. The van der Waals surface area contributed by atoms with Crippen LogP contribution in [0.2, 0.25) is 0 Å². The third-order valence-corrected chi connectivity index (χ3v) is 5.30. The summed E-state index contributed by atoms with van der Waals surface area (Å²) in [5.74, 6) is -5.15. The number of hydrogen-bond acceptors (Lipinski definition) is 4. The van der Waals surface area contributed by atoms with Crippen molar-refractivity contribution in [2.75, 3.05) is 19.3 Å². The molecule has 1 fully saturated rings. The minimum atomic E-state index is -3.45. The molecule has 10 heteroatoms. The van der Waals surface area contributed by atoms with E-state index in [1.165, 1.54) is 0 Å². The molecule has 1 heterocycles. The van der Waals surface area contributed by atoms with Crippen molar-refractivity contribution in [1.82, 2.24) is 9.62 Å². The van der Waals surface area contributed by atoms with E-state index in [1.54, 1.807) is 0 Å². The van der Waals surface area contributed by atoms with Gasteiger partial charge >= 0.3 is 5.97 Å². The van der Waals surface area contributed by atoms with E-state index in [9.17, 15) is 31.9 Å². The number of halogens is 2. The molecule has 1 aliphatic rings. The van der Waals surface area contributed by atoms with Gasteiger partial charge in [0.05, 0.1) is 12.2 Å². The number of nitrogens with one attached hydrogen (secondary N) is 1. The molecule has 0 aromatic heterocycles.